The van der Waals surface area contributed by atoms with Crippen molar-refractivity contribution >= 4 is 5.91 Å². The fraction of sp³-hybridized carbons (Fsp3) is 0.667. The fourth-order valence-corrected chi connectivity index (χ4v) is 5.67. The molecule has 8 heteroatoms. The van der Waals surface area contributed by atoms with Gasteiger partial charge in [0.1, 0.15) is 5.82 Å². The third-order valence-corrected chi connectivity index (χ3v) is 7.45. The summed E-state index contributed by atoms with van der Waals surface area (Å²) in [6.07, 6.45) is 12.6. The molecule has 2 aliphatic heterocycles. The molecule has 0 bridgehead atoms. The van der Waals surface area contributed by atoms with Gasteiger partial charge in [-0.1, -0.05) is 19.3 Å². The maximum absolute atomic E-state index is 13.2. The first-order valence-electron chi connectivity index (χ1n) is 12.3. The number of H-pyrrole nitrogens is 1. The van der Waals surface area contributed by atoms with E-state index in [-0.39, 0.29) is 17.5 Å². The monoisotopic (exact) mass is 438 g/mol. The Kier molecular flexibility index (Phi) is 6.13. The van der Waals surface area contributed by atoms with Crippen LogP contribution in [0.15, 0.2) is 17.2 Å². The van der Waals surface area contributed by atoms with Gasteiger partial charge in [-0.3, -0.25) is 19.2 Å². The van der Waals surface area contributed by atoms with Crippen molar-refractivity contribution in [3.8, 4) is 0 Å². The van der Waals surface area contributed by atoms with E-state index in [1.54, 1.807) is 17.1 Å². The van der Waals surface area contributed by atoms with E-state index in [4.69, 9.17) is 4.98 Å². The van der Waals surface area contributed by atoms with Crippen LogP contribution in [0.4, 0.5) is 0 Å². The van der Waals surface area contributed by atoms with Crippen molar-refractivity contribution in [2.75, 3.05) is 19.6 Å². The van der Waals surface area contributed by atoms with Crippen LogP contribution in [-0.4, -0.2) is 55.1 Å². The van der Waals surface area contributed by atoms with Crippen LogP contribution < -0.4 is 5.56 Å². The van der Waals surface area contributed by atoms with E-state index in [1.807, 2.05) is 11.8 Å². The topological polar surface area (TPSA) is 87.1 Å². The molecule has 1 saturated carbocycles. The summed E-state index contributed by atoms with van der Waals surface area (Å²) in [5, 5.41) is 4.24. The number of rotatable bonds is 5. The lowest BCUT2D eigenvalue weighted by atomic mass is 9.88. The molecule has 0 spiro atoms. The highest BCUT2D eigenvalue weighted by atomic mass is 16.2. The number of carbonyl (C=O) groups is 1. The summed E-state index contributed by atoms with van der Waals surface area (Å²) in [5.41, 5.74) is 2.30. The Bertz CT molecular complexity index is 1020. The minimum atomic E-state index is -0.181. The molecule has 1 unspecified atom stereocenters. The number of aromatic nitrogens is 4. The summed E-state index contributed by atoms with van der Waals surface area (Å²) in [7, 11) is 0. The molecule has 0 radical (unpaired) electrons. The predicted octanol–water partition coefficient (Wildman–Crippen LogP) is 2.90. The largest absolute Gasteiger partial charge is 0.328 e. The maximum Gasteiger partial charge on any atom is 0.257 e. The van der Waals surface area contributed by atoms with Crippen molar-refractivity contribution < 1.29 is 4.79 Å². The molecular formula is C24H34N6O2. The van der Waals surface area contributed by atoms with E-state index in [1.165, 1.54) is 32.1 Å². The lowest BCUT2D eigenvalue weighted by Crippen LogP contribution is -2.39. The smallest absolute Gasteiger partial charge is 0.257 e. The van der Waals surface area contributed by atoms with E-state index in [0.29, 0.717) is 17.9 Å². The summed E-state index contributed by atoms with van der Waals surface area (Å²) < 4.78 is 1.76. The molecule has 0 aromatic carbocycles. The molecule has 2 aromatic rings. The quantitative estimate of drug-likeness (QED) is 0.776. The molecule has 32 heavy (non-hydrogen) atoms. The van der Waals surface area contributed by atoms with Crippen LogP contribution in [0.5, 0.6) is 0 Å². The summed E-state index contributed by atoms with van der Waals surface area (Å²) in [6.45, 7) is 6.19. The summed E-state index contributed by atoms with van der Waals surface area (Å²) >= 11 is 0. The van der Waals surface area contributed by atoms with Crippen molar-refractivity contribution in [1.29, 1.82) is 0 Å². The molecule has 1 saturated heterocycles. The van der Waals surface area contributed by atoms with Gasteiger partial charge in [0.05, 0.1) is 23.5 Å². The lowest BCUT2D eigenvalue weighted by molar-refractivity contribution is 0.0729. The number of hydrogen-bond acceptors (Lipinski definition) is 5. The second kappa shape index (κ2) is 9.17. The summed E-state index contributed by atoms with van der Waals surface area (Å²) in [6, 6.07) is -0.181. The number of nitrogens with one attached hydrogen (secondary N) is 1. The number of carbonyl (C=O) groups excluding carboxylic acids is 1. The Labute approximate surface area is 189 Å². The van der Waals surface area contributed by atoms with E-state index >= 15 is 0 Å². The maximum atomic E-state index is 13.2. The van der Waals surface area contributed by atoms with Crippen LogP contribution in [0.2, 0.25) is 0 Å². The molecule has 2 fully saturated rings. The van der Waals surface area contributed by atoms with Gasteiger partial charge < -0.3 is 9.88 Å². The van der Waals surface area contributed by atoms with Gasteiger partial charge in [0.25, 0.3) is 11.5 Å². The highest BCUT2D eigenvalue weighted by Gasteiger charge is 2.34. The zero-order valence-corrected chi connectivity index (χ0v) is 19.1. The fourth-order valence-electron chi connectivity index (χ4n) is 5.67. The Morgan fingerprint density at radius 1 is 1.16 bits per heavy atom. The number of aryl methyl sites for hydroxylation is 1. The molecule has 8 nitrogen and oxygen atoms in total. The third kappa shape index (κ3) is 4.25. The molecule has 1 N–H and O–H groups in total. The van der Waals surface area contributed by atoms with E-state index in [9.17, 15) is 9.59 Å². The van der Waals surface area contributed by atoms with Crippen LogP contribution in [0.1, 0.15) is 85.4 Å². The molecule has 4 heterocycles. The predicted molar refractivity (Wildman–Crippen MR) is 121 cm³/mol. The van der Waals surface area contributed by atoms with E-state index in [0.717, 1.165) is 62.6 Å². The minimum Gasteiger partial charge on any atom is -0.328 e. The Morgan fingerprint density at radius 2 is 2.00 bits per heavy atom. The van der Waals surface area contributed by atoms with Crippen LogP contribution in [-0.2, 0) is 19.5 Å². The first-order chi connectivity index (χ1) is 15.6. The third-order valence-electron chi connectivity index (χ3n) is 7.45. The molecule has 3 aliphatic rings. The van der Waals surface area contributed by atoms with Crippen molar-refractivity contribution in [2.45, 2.75) is 77.4 Å². The number of aromatic amines is 1. The Hall–Kier alpha value is -2.48. The van der Waals surface area contributed by atoms with Gasteiger partial charge in [-0.2, -0.15) is 5.10 Å². The Balaban J connectivity index is 1.35. The second-order valence-electron chi connectivity index (χ2n) is 9.61. The Morgan fingerprint density at radius 3 is 2.78 bits per heavy atom. The van der Waals surface area contributed by atoms with Crippen LogP contribution in [0, 0.1) is 5.92 Å². The van der Waals surface area contributed by atoms with Crippen LogP contribution >= 0.6 is 0 Å². The lowest BCUT2D eigenvalue weighted by Gasteiger charge is -2.33. The molecule has 1 atom stereocenters. The summed E-state index contributed by atoms with van der Waals surface area (Å²) in [5.74, 6) is 1.38. The average molecular weight is 439 g/mol. The summed E-state index contributed by atoms with van der Waals surface area (Å²) in [4.78, 5) is 38.3. The molecule has 5 rings (SSSR count). The number of likely N-dealkylation sites (tertiary alicyclic amines) is 1. The number of nitrogens with zero attached hydrogens (tertiary/aromatic N) is 5. The van der Waals surface area contributed by atoms with Gasteiger partial charge in [0.15, 0.2) is 0 Å². The number of fused-ring (bicyclic) bond motifs is 1. The molecular weight excluding hydrogens is 404 g/mol. The van der Waals surface area contributed by atoms with Gasteiger partial charge in [-0.25, -0.2) is 4.98 Å². The zero-order valence-electron chi connectivity index (χ0n) is 19.1. The average Bonchev–Trinajstić information content (AvgIpc) is 3.49. The SMILES string of the molecule is CCn1cc(C(=O)N2CCCC2c2nc3c(c(=O)[nH]2)CCN(CC2CCCCC2)C3)cn1. The van der Waals surface area contributed by atoms with Crippen LogP contribution in [0.3, 0.4) is 0 Å². The van der Waals surface area contributed by atoms with Gasteiger partial charge in [0.2, 0.25) is 0 Å². The van der Waals surface area contributed by atoms with E-state index < -0.39 is 0 Å². The second-order valence-corrected chi connectivity index (χ2v) is 9.61. The van der Waals surface area contributed by atoms with Crippen molar-refractivity contribution in [3.05, 3.63) is 45.4 Å². The highest BCUT2D eigenvalue weighted by molar-refractivity contribution is 5.94. The van der Waals surface area contributed by atoms with Crippen molar-refractivity contribution in [2.24, 2.45) is 5.92 Å². The van der Waals surface area contributed by atoms with Crippen LogP contribution in [0.25, 0.3) is 0 Å². The number of amides is 1. The zero-order chi connectivity index (χ0) is 22.1. The standard InChI is InChI=1S/C24H34N6O2/c1-2-29-15-18(13-25-29)24(32)30-11-6-9-21(30)22-26-20-16-28(12-10-19(20)23(31)27-22)14-17-7-4-3-5-8-17/h13,15,17,21H,2-12,14,16H2,1H3,(H,26,27,31). The van der Waals surface area contributed by atoms with Gasteiger partial charge in [0, 0.05) is 44.5 Å². The molecule has 1 amide bonds. The minimum absolute atomic E-state index is 0.0274. The van der Waals surface area contributed by atoms with Crippen molar-refractivity contribution in [1.82, 2.24) is 29.5 Å². The molecule has 172 valence electrons. The van der Waals surface area contributed by atoms with Gasteiger partial charge >= 0.3 is 0 Å². The van der Waals surface area contributed by atoms with E-state index in [2.05, 4.69) is 15.0 Å². The first kappa shape index (κ1) is 21.4. The van der Waals surface area contributed by atoms with Gasteiger partial charge in [-0.15, -0.1) is 0 Å². The molecule has 2 aromatic heterocycles. The first-order valence-corrected chi connectivity index (χ1v) is 12.3. The van der Waals surface area contributed by atoms with Crippen molar-refractivity contribution in [3.63, 3.8) is 0 Å². The number of hydrogen-bond donors (Lipinski definition) is 1. The molecule has 1 aliphatic carbocycles. The highest BCUT2D eigenvalue weighted by Crippen LogP contribution is 2.32. The van der Waals surface area contributed by atoms with Gasteiger partial charge in [-0.05, 0) is 44.9 Å². The normalized spacial score (nSPS) is 22.3.